The van der Waals surface area contributed by atoms with Gasteiger partial charge in [-0.2, -0.15) is 0 Å². The summed E-state index contributed by atoms with van der Waals surface area (Å²) in [5.41, 5.74) is 0.122. The Kier molecular flexibility index (Phi) is 4.08. The van der Waals surface area contributed by atoms with E-state index in [2.05, 4.69) is 4.72 Å². The third-order valence-electron chi connectivity index (χ3n) is 3.19. The average Bonchev–Trinajstić information content (AvgIpc) is 2.71. The maximum Gasteiger partial charge on any atom is 0.267 e. The Labute approximate surface area is 131 Å². The minimum Gasteiger partial charge on any atom is -0.490 e. The molecule has 0 aliphatic carbocycles. The number of sulfonamides is 1. The molecule has 5 nitrogen and oxygen atoms in total. The normalized spacial score (nSPS) is 14.2. The second kappa shape index (κ2) is 6.04. The number of nitrogens with one attached hydrogen (secondary N) is 1. The highest BCUT2D eigenvalue weighted by atomic mass is 32.2. The molecule has 0 amide bonds. The van der Waals surface area contributed by atoms with Crippen molar-refractivity contribution in [1.82, 2.24) is 0 Å². The molecule has 0 saturated heterocycles. The molecule has 1 aliphatic rings. The molecular weight excluding hydrogens is 328 g/mol. The summed E-state index contributed by atoms with van der Waals surface area (Å²) in [4.78, 5) is -1.02. The largest absolute Gasteiger partial charge is 0.490 e. The fraction of sp³-hybridized carbons (Fsp3) is 0.200. The number of hydrogen-bond acceptors (Lipinski definition) is 4. The van der Waals surface area contributed by atoms with Gasteiger partial charge in [-0.25, -0.2) is 17.2 Å². The van der Waals surface area contributed by atoms with Gasteiger partial charge in [-0.3, -0.25) is 4.72 Å². The molecule has 2 aromatic carbocycles. The summed E-state index contributed by atoms with van der Waals surface area (Å²) in [7, 11) is -4.41. The van der Waals surface area contributed by atoms with Gasteiger partial charge in [0.1, 0.15) is 11.6 Å². The Morgan fingerprint density at radius 1 is 0.957 bits per heavy atom. The van der Waals surface area contributed by atoms with Crippen LogP contribution >= 0.6 is 0 Å². The first kappa shape index (κ1) is 15.5. The highest BCUT2D eigenvalue weighted by Gasteiger charge is 2.24. The van der Waals surface area contributed by atoms with E-state index in [1.807, 2.05) is 0 Å². The fourth-order valence-electron chi connectivity index (χ4n) is 2.17. The topological polar surface area (TPSA) is 64.6 Å². The van der Waals surface area contributed by atoms with Gasteiger partial charge in [-0.15, -0.1) is 0 Å². The number of benzene rings is 2. The number of halogens is 2. The van der Waals surface area contributed by atoms with Crippen molar-refractivity contribution in [2.45, 2.75) is 11.3 Å². The predicted octanol–water partition coefficient (Wildman–Crippen LogP) is 2.93. The van der Waals surface area contributed by atoms with Gasteiger partial charge in [0.05, 0.1) is 18.9 Å². The molecule has 8 heteroatoms. The van der Waals surface area contributed by atoms with Crippen LogP contribution < -0.4 is 14.2 Å². The van der Waals surface area contributed by atoms with E-state index in [1.54, 1.807) is 0 Å². The molecule has 1 aliphatic heterocycles. The molecule has 0 unspecified atom stereocenters. The van der Waals surface area contributed by atoms with Crippen LogP contribution in [0.15, 0.2) is 41.3 Å². The summed E-state index contributed by atoms with van der Waals surface area (Å²) >= 11 is 0. The third kappa shape index (κ3) is 3.21. The molecule has 23 heavy (non-hydrogen) atoms. The van der Waals surface area contributed by atoms with E-state index in [0.717, 1.165) is 18.2 Å². The van der Waals surface area contributed by atoms with Gasteiger partial charge in [0.25, 0.3) is 10.0 Å². The van der Waals surface area contributed by atoms with Crippen molar-refractivity contribution in [2.24, 2.45) is 0 Å². The van der Waals surface area contributed by atoms with E-state index < -0.39 is 26.6 Å². The summed E-state index contributed by atoms with van der Waals surface area (Å²) in [6.45, 7) is 0.934. The van der Waals surface area contributed by atoms with Crippen molar-refractivity contribution in [2.75, 3.05) is 17.9 Å². The zero-order valence-corrected chi connectivity index (χ0v) is 12.7. The molecule has 0 atom stereocenters. The van der Waals surface area contributed by atoms with Gasteiger partial charge in [-0.05, 0) is 24.3 Å². The number of fused-ring (bicyclic) bond motifs is 1. The Morgan fingerprint density at radius 2 is 1.61 bits per heavy atom. The minimum absolute atomic E-state index is 0.122. The lowest BCUT2D eigenvalue weighted by Crippen LogP contribution is -2.16. The van der Waals surface area contributed by atoms with Crippen molar-refractivity contribution in [3.8, 4) is 11.5 Å². The zero-order valence-electron chi connectivity index (χ0n) is 11.9. The first-order valence-electron chi connectivity index (χ1n) is 6.84. The molecule has 122 valence electrons. The molecule has 3 rings (SSSR count). The zero-order chi connectivity index (χ0) is 16.4. The Morgan fingerprint density at radius 3 is 2.30 bits per heavy atom. The summed E-state index contributed by atoms with van der Waals surface area (Å²) in [5.74, 6) is -1.46. The van der Waals surface area contributed by atoms with Crippen LogP contribution in [0, 0.1) is 11.6 Å². The molecular formula is C15H13F2NO4S. The summed E-state index contributed by atoms with van der Waals surface area (Å²) < 4.78 is 64.8. The quantitative estimate of drug-likeness (QED) is 0.932. The van der Waals surface area contributed by atoms with Gasteiger partial charge in [0.15, 0.2) is 16.4 Å². The lowest BCUT2D eigenvalue weighted by Gasteiger charge is -2.12. The van der Waals surface area contributed by atoms with E-state index in [0.29, 0.717) is 31.1 Å². The second-order valence-corrected chi connectivity index (χ2v) is 6.49. The Balaban J connectivity index is 1.94. The van der Waals surface area contributed by atoms with Crippen molar-refractivity contribution in [1.29, 1.82) is 0 Å². The lowest BCUT2D eigenvalue weighted by molar-refractivity contribution is 0.297. The maximum absolute atomic E-state index is 13.7. The van der Waals surface area contributed by atoms with E-state index in [-0.39, 0.29) is 5.69 Å². The van der Waals surface area contributed by atoms with Crippen LogP contribution in [-0.4, -0.2) is 21.6 Å². The lowest BCUT2D eigenvalue weighted by atomic mass is 10.3. The van der Waals surface area contributed by atoms with E-state index in [1.165, 1.54) is 18.2 Å². The van der Waals surface area contributed by atoms with Gasteiger partial charge >= 0.3 is 0 Å². The molecule has 0 radical (unpaired) electrons. The summed E-state index contributed by atoms with van der Waals surface area (Å²) in [6, 6.07) is 7.24. The predicted molar refractivity (Wildman–Crippen MR) is 79.2 cm³/mol. The SMILES string of the molecule is O=S(=O)(Nc1ccc2c(c1)OCCCO2)c1c(F)cccc1F. The molecule has 0 aromatic heterocycles. The summed E-state index contributed by atoms with van der Waals surface area (Å²) in [5, 5.41) is 0. The van der Waals surface area contributed by atoms with Crippen LogP contribution in [0.3, 0.4) is 0 Å². The maximum atomic E-state index is 13.7. The van der Waals surface area contributed by atoms with E-state index in [4.69, 9.17) is 9.47 Å². The van der Waals surface area contributed by atoms with Crippen LogP contribution in [0.25, 0.3) is 0 Å². The van der Waals surface area contributed by atoms with Gasteiger partial charge < -0.3 is 9.47 Å². The molecule has 1 N–H and O–H groups in total. The number of ether oxygens (including phenoxy) is 2. The first-order valence-corrected chi connectivity index (χ1v) is 8.32. The minimum atomic E-state index is -4.41. The molecule has 0 fully saturated rings. The van der Waals surface area contributed by atoms with Crippen molar-refractivity contribution in [3.05, 3.63) is 48.0 Å². The van der Waals surface area contributed by atoms with E-state index in [9.17, 15) is 17.2 Å². The van der Waals surface area contributed by atoms with Crippen LogP contribution in [0.4, 0.5) is 14.5 Å². The standard InChI is InChI=1S/C15H13F2NO4S/c16-11-3-1-4-12(17)15(11)23(19,20)18-10-5-6-13-14(9-10)22-8-2-7-21-13/h1,3-6,9,18H,2,7-8H2. The first-order chi connectivity index (χ1) is 11.0. The molecule has 0 bridgehead atoms. The van der Waals surface area contributed by atoms with Crippen LogP contribution in [-0.2, 0) is 10.0 Å². The molecule has 0 spiro atoms. The molecule has 1 heterocycles. The molecule has 0 saturated carbocycles. The number of hydrogen-bond donors (Lipinski definition) is 1. The molecule has 2 aromatic rings. The van der Waals surface area contributed by atoms with E-state index >= 15 is 0 Å². The fourth-order valence-corrected chi connectivity index (χ4v) is 3.36. The Hall–Kier alpha value is -2.35. The second-order valence-electron chi connectivity index (χ2n) is 4.87. The van der Waals surface area contributed by atoms with Gasteiger partial charge in [0, 0.05) is 12.5 Å². The Bertz CT molecular complexity index is 819. The van der Waals surface area contributed by atoms with Crippen molar-refractivity contribution in [3.63, 3.8) is 0 Å². The van der Waals surface area contributed by atoms with Crippen LogP contribution in [0.2, 0.25) is 0 Å². The van der Waals surface area contributed by atoms with Crippen molar-refractivity contribution < 1.29 is 26.7 Å². The number of rotatable bonds is 3. The van der Waals surface area contributed by atoms with Gasteiger partial charge in [-0.1, -0.05) is 6.07 Å². The average molecular weight is 341 g/mol. The summed E-state index contributed by atoms with van der Waals surface area (Å²) in [6.07, 6.45) is 0.705. The highest BCUT2D eigenvalue weighted by Crippen LogP contribution is 2.33. The van der Waals surface area contributed by atoms with Crippen molar-refractivity contribution >= 4 is 15.7 Å². The van der Waals surface area contributed by atoms with Gasteiger partial charge in [0.2, 0.25) is 0 Å². The van der Waals surface area contributed by atoms with Crippen LogP contribution in [0.5, 0.6) is 11.5 Å². The monoisotopic (exact) mass is 341 g/mol. The van der Waals surface area contributed by atoms with Crippen LogP contribution in [0.1, 0.15) is 6.42 Å². The highest BCUT2D eigenvalue weighted by molar-refractivity contribution is 7.92. The number of anilines is 1. The smallest absolute Gasteiger partial charge is 0.267 e. The third-order valence-corrected chi connectivity index (χ3v) is 4.62.